The molecular weight excluding hydrogens is 345 g/mol. The van der Waals surface area contributed by atoms with Crippen LogP contribution in [0.1, 0.15) is 24.6 Å². The van der Waals surface area contributed by atoms with Gasteiger partial charge in [0, 0.05) is 9.13 Å². The zero-order chi connectivity index (χ0) is 13.0. The summed E-state index contributed by atoms with van der Waals surface area (Å²) in [4.78, 5) is 14.9. The third kappa shape index (κ3) is 3.76. The van der Waals surface area contributed by atoms with Crippen molar-refractivity contribution in [3.8, 4) is 0 Å². The number of halogens is 3. The SMILES string of the molecule is CCOC(=O)Cc1c(I)cc(N)nc1C(F)F. The lowest BCUT2D eigenvalue weighted by Gasteiger charge is -2.10. The van der Waals surface area contributed by atoms with Crippen molar-refractivity contribution >= 4 is 34.4 Å². The van der Waals surface area contributed by atoms with Crippen LogP contribution in [0.15, 0.2) is 6.07 Å². The average molecular weight is 356 g/mol. The normalized spacial score (nSPS) is 10.6. The predicted molar refractivity (Wildman–Crippen MR) is 66.7 cm³/mol. The summed E-state index contributed by atoms with van der Waals surface area (Å²) < 4.78 is 30.7. The van der Waals surface area contributed by atoms with Crippen LogP contribution in [0.3, 0.4) is 0 Å². The van der Waals surface area contributed by atoms with Gasteiger partial charge in [-0.05, 0) is 35.6 Å². The Balaban J connectivity index is 3.08. The Labute approximate surface area is 111 Å². The van der Waals surface area contributed by atoms with E-state index in [1.54, 1.807) is 6.92 Å². The van der Waals surface area contributed by atoms with Crippen molar-refractivity contribution in [2.24, 2.45) is 0 Å². The molecule has 4 nitrogen and oxygen atoms in total. The number of nitrogen functional groups attached to an aromatic ring is 1. The van der Waals surface area contributed by atoms with Crippen molar-refractivity contribution in [3.05, 3.63) is 20.9 Å². The first kappa shape index (κ1) is 14.1. The first-order valence-electron chi connectivity index (χ1n) is 4.84. The smallest absolute Gasteiger partial charge is 0.310 e. The van der Waals surface area contributed by atoms with Crippen molar-refractivity contribution in [3.63, 3.8) is 0 Å². The van der Waals surface area contributed by atoms with Gasteiger partial charge in [0.15, 0.2) is 0 Å². The number of carbonyl (C=O) groups excluding carboxylic acids is 1. The van der Waals surface area contributed by atoms with Gasteiger partial charge in [0.05, 0.1) is 13.0 Å². The molecule has 0 spiro atoms. The molecule has 0 aromatic carbocycles. The summed E-state index contributed by atoms with van der Waals surface area (Å²) in [5, 5.41) is 0. The lowest BCUT2D eigenvalue weighted by Crippen LogP contribution is -2.13. The van der Waals surface area contributed by atoms with E-state index in [2.05, 4.69) is 4.98 Å². The van der Waals surface area contributed by atoms with Gasteiger partial charge in [-0.15, -0.1) is 0 Å². The summed E-state index contributed by atoms with van der Waals surface area (Å²) >= 11 is 1.85. The fourth-order valence-corrected chi connectivity index (χ4v) is 2.08. The van der Waals surface area contributed by atoms with Crippen LogP contribution < -0.4 is 5.73 Å². The molecule has 0 saturated heterocycles. The number of hydrogen-bond acceptors (Lipinski definition) is 4. The third-order valence-corrected chi connectivity index (χ3v) is 2.92. The topological polar surface area (TPSA) is 65.2 Å². The van der Waals surface area contributed by atoms with Crippen molar-refractivity contribution in [1.29, 1.82) is 0 Å². The standard InChI is InChI=1S/C10H11F2IN2O2/c1-2-17-8(16)3-5-6(13)4-7(14)15-9(5)10(11)12/h4,10H,2-3H2,1H3,(H2,14,15). The predicted octanol–water partition coefficient (Wildman–Crippen LogP) is 2.31. The van der Waals surface area contributed by atoms with E-state index in [-0.39, 0.29) is 24.4 Å². The minimum Gasteiger partial charge on any atom is -0.466 e. The number of esters is 1. The molecule has 94 valence electrons. The largest absolute Gasteiger partial charge is 0.466 e. The lowest BCUT2D eigenvalue weighted by molar-refractivity contribution is -0.142. The van der Waals surface area contributed by atoms with Crippen LogP contribution in [0.4, 0.5) is 14.6 Å². The van der Waals surface area contributed by atoms with E-state index in [1.807, 2.05) is 22.6 Å². The van der Waals surface area contributed by atoms with Gasteiger partial charge in [-0.1, -0.05) is 0 Å². The summed E-state index contributed by atoms with van der Waals surface area (Å²) in [6.07, 6.45) is -2.99. The molecule has 2 N–H and O–H groups in total. The quantitative estimate of drug-likeness (QED) is 0.664. The van der Waals surface area contributed by atoms with Crippen LogP contribution in [0.5, 0.6) is 0 Å². The van der Waals surface area contributed by atoms with Crippen molar-refractivity contribution in [1.82, 2.24) is 4.98 Å². The average Bonchev–Trinajstić information content (AvgIpc) is 2.21. The van der Waals surface area contributed by atoms with Gasteiger partial charge >= 0.3 is 5.97 Å². The zero-order valence-electron chi connectivity index (χ0n) is 9.04. The number of rotatable bonds is 4. The van der Waals surface area contributed by atoms with Crippen LogP contribution in [0.25, 0.3) is 0 Å². The van der Waals surface area contributed by atoms with E-state index < -0.39 is 18.1 Å². The van der Waals surface area contributed by atoms with Crippen molar-refractivity contribution < 1.29 is 18.3 Å². The van der Waals surface area contributed by atoms with Crippen molar-refractivity contribution in [2.75, 3.05) is 12.3 Å². The summed E-state index contributed by atoms with van der Waals surface area (Å²) in [5.74, 6) is -0.545. The number of hydrogen-bond donors (Lipinski definition) is 1. The highest BCUT2D eigenvalue weighted by Crippen LogP contribution is 2.27. The van der Waals surface area contributed by atoms with Gasteiger partial charge in [-0.2, -0.15) is 0 Å². The van der Waals surface area contributed by atoms with E-state index in [0.717, 1.165) is 0 Å². The number of ether oxygens (including phenoxy) is 1. The molecule has 0 saturated carbocycles. The third-order valence-electron chi connectivity index (χ3n) is 1.95. The fraction of sp³-hybridized carbons (Fsp3) is 0.400. The number of alkyl halides is 2. The highest BCUT2D eigenvalue weighted by atomic mass is 127. The van der Waals surface area contributed by atoms with Crippen molar-refractivity contribution in [2.45, 2.75) is 19.8 Å². The van der Waals surface area contributed by atoms with E-state index in [0.29, 0.717) is 3.57 Å². The highest BCUT2D eigenvalue weighted by Gasteiger charge is 2.21. The first-order chi connectivity index (χ1) is 7.95. The molecule has 1 aromatic heterocycles. The van der Waals surface area contributed by atoms with Gasteiger partial charge in [-0.3, -0.25) is 4.79 Å². The molecule has 0 unspecified atom stereocenters. The Morgan fingerprint density at radius 2 is 2.29 bits per heavy atom. The maximum absolute atomic E-state index is 12.8. The van der Waals surface area contributed by atoms with E-state index in [9.17, 15) is 13.6 Å². The molecule has 7 heteroatoms. The summed E-state index contributed by atoms with van der Waals surface area (Å²) in [6.45, 7) is 1.86. The van der Waals surface area contributed by atoms with E-state index in [4.69, 9.17) is 10.5 Å². The van der Waals surface area contributed by atoms with E-state index >= 15 is 0 Å². The fourth-order valence-electron chi connectivity index (χ4n) is 1.29. The molecule has 0 aliphatic heterocycles. The second-order valence-corrected chi connectivity index (χ2v) is 4.34. The zero-order valence-corrected chi connectivity index (χ0v) is 11.2. The minimum absolute atomic E-state index is 0.0114. The molecule has 0 aliphatic carbocycles. The van der Waals surface area contributed by atoms with Gasteiger partial charge in [0.1, 0.15) is 11.5 Å². The Bertz CT molecular complexity index is 427. The molecule has 0 aliphatic rings. The molecule has 0 fully saturated rings. The Morgan fingerprint density at radius 3 is 2.82 bits per heavy atom. The molecule has 1 aromatic rings. The monoisotopic (exact) mass is 356 g/mol. The summed E-state index contributed by atoms with van der Waals surface area (Å²) in [6, 6.07) is 1.45. The molecule has 0 amide bonds. The second kappa shape index (κ2) is 6.08. The Hall–Kier alpha value is -0.990. The molecular formula is C10H11F2IN2O2. The van der Waals surface area contributed by atoms with Gasteiger partial charge in [0.2, 0.25) is 0 Å². The van der Waals surface area contributed by atoms with Crippen LogP contribution in [-0.2, 0) is 16.0 Å². The molecule has 0 radical (unpaired) electrons. The molecule has 0 bridgehead atoms. The van der Waals surface area contributed by atoms with Crippen LogP contribution >= 0.6 is 22.6 Å². The Morgan fingerprint density at radius 1 is 1.65 bits per heavy atom. The van der Waals surface area contributed by atoms with Gasteiger partial charge in [0.25, 0.3) is 6.43 Å². The first-order valence-corrected chi connectivity index (χ1v) is 5.92. The van der Waals surface area contributed by atoms with Crippen LogP contribution in [-0.4, -0.2) is 17.6 Å². The number of aromatic nitrogens is 1. The summed E-state index contributed by atoms with van der Waals surface area (Å²) in [5.41, 5.74) is 5.11. The number of nitrogens with zero attached hydrogens (tertiary/aromatic N) is 1. The molecule has 0 atom stereocenters. The van der Waals surface area contributed by atoms with Gasteiger partial charge in [-0.25, -0.2) is 13.8 Å². The highest BCUT2D eigenvalue weighted by molar-refractivity contribution is 14.1. The Kier molecular flexibility index (Phi) is 5.03. The molecule has 17 heavy (non-hydrogen) atoms. The van der Waals surface area contributed by atoms with Gasteiger partial charge < -0.3 is 10.5 Å². The number of nitrogens with two attached hydrogens (primary N) is 1. The van der Waals surface area contributed by atoms with Crippen LogP contribution in [0, 0.1) is 3.57 Å². The lowest BCUT2D eigenvalue weighted by atomic mass is 10.1. The van der Waals surface area contributed by atoms with Crippen LogP contribution in [0.2, 0.25) is 0 Å². The second-order valence-electron chi connectivity index (χ2n) is 3.18. The number of anilines is 1. The molecule has 1 rings (SSSR count). The molecule has 1 heterocycles. The van der Waals surface area contributed by atoms with E-state index in [1.165, 1.54) is 6.07 Å². The maximum Gasteiger partial charge on any atom is 0.310 e. The minimum atomic E-state index is -2.77. The maximum atomic E-state index is 12.8. The number of carbonyl (C=O) groups is 1. The summed E-state index contributed by atoms with van der Waals surface area (Å²) in [7, 11) is 0. The number of pyridine rings is 1.